The van der Waals surface area contributed by atoms with E-state index in [0.717, 1.165) is 11.8 Å². The Morgan fingerprint density at radius 3 is 2.81 bits per heavy atom. The third-order valence-corrected chi connectivity index (χ3v) is 3.71. The zero-order valence-corrected chi connectivity index (χ0v) is 11.5. The second-order valence-electron chi connectivity index (χ2n) is 4.18. The van der Waals surface area contributed by atoms with Crippen LogP contribution in [-0.2, 0) is 0 Å². The number of para-hydroxylation sites is 2. The van der Waals surface area contributed by atoms with Gasteiger partial charge in [0.2, 0.25) is 0 Å². The van der Waals surface area contributed by atoms with E-state index in [9.17, 15) is 4.39 Å². The molecule has 3 rings (SSSR count). The van der Waals surface area contributed by atoms with Crippen molar-refractivity contribution in [2.45, 2.75) is 10.1 Å². The van der Waals surface area contributed by atoms with E-state index in [1.165, 1.54) is 12.1 Å². The lowest BCUT2D eigenvalue weighted by Crippen LogP contribution is -2.13. The summed E-state index contributed by atoms with van der Waals surface area (Å²) < 4.78 is 19.5. The van der Waals surface area contributed by atoms with Crippen molar-refractivity contribution in [1.82, 2.24) is 4.98 Å². The lowest BCUT2D eigenvalue weighted by molar-refractivity contribution is 0.318. The van der Waals surface area contributed by atoms with Gasteiger partial charge in [-0.1, -0.05) is 17.3 Å². The summed E-state index contributed by atoms with van der Waals surface area (Å²) in [6, 6.07) is 11.6. The van der Waals surface area contributed by atoms with Crippen molar-refractivity contribution in [3.8, 4) is 0 Å². The first-order valence-corrected chi connectivity index (χ1v) is 6.80. The molecule has 3 N–H and O–H groups in total. The van der Waals surface area contributed by atoms with Crippen molar-refractivity contribution in [1.29, 1.82) is 0 Å². The fraction of sp³-hybridized carbons (Fsp3) is 0. The molecule has 0 spiro atoms. The minimum atomic E-state index is -0.494. The van der Waals surface area contributed by atoms with Gasteiger partial charge in [0, 0.05) is 5.56 Å². The standard InChI is InChI=1S/C14H10FN3O2S/c15-9-7-8(13(16)18-19)5-6-12(9)21-14-17-10-3-1-2-4-11(10)20-14/h1-7,19H,(H2,16,18). The van der Waals surface area contributed by atoms with Crippen LogP contribution in [0.1, 0.15) is 5.56 Å². The summed E-state index contributed by atoms with van der Waals surface area (Å²) in [7, 11) is 0. The maximum Gasteiger partial charge on any atom is 0.261 e. The van der Waals surface area contributed by atoms with E-state index in [1.54, 1.807) is 12.1 Å². The maximum atomic E-state index is 14.0. The molecule has 3 aromatic rings. The van der Waals surface area contributed by atoms with Gasteiger partial charge < -0.3 is 15.4 Å². The first-order chi connectivity index (χ1) is 10.2. The predicted molar refractivity (Wildman–Crippen MR) is 77.0 cm³/mol. The molecule has 0 aliphatic rings. The quantitative estimate of drug-likeness (QED) is 0.336. The molecule has 1 aromatic heterocycles. The zero-order chi connectivity index (χ0) is 14.8. The molecule has 1 heterocycles. The second kappa shape index (κ2) is 5.45. The maximum absolute atomic E-state index is 14.0. The van der Waals surface area contributed by atoms with Crippen LogP contribution in [0.15, 0.2) is 62.2 Å². The number of oxime groups is 1. The zero-order valence-electron chi connectivity index (χ0n) is 10.7. The number of hydrogen-bond acceptors (Lipinski definition) is 5. The van der Waals surface area contributed by atoms with Gasteiger partial charge in [-0.05, 0) is 42.1 Å². The van der Waals surface area contributed by atoms with Gasteiger partial charge in [-0.15, -0.1) is 0 Å². The normalized spacial score (nSPS) is 12.0. The highest BCUT2D eigenvalue weighted by atomic mass is 32.2. The number of nitrogens with zero attached hydrogens (tertiary/aromatic N) is 2. The molecule has 2 aromatic carbocycles. The predicted octanol–water partition coefficient (Wildman–Crippen LogP) is 3.21. The van der Waals surface area contributed by atoms with Crippen molar-refractivity contribution < 1.29 is 14.0 Å². The first-order valence-electron chi connectivity index (χ1n) is 5.98. The molecule has 0 saturated heterocycles. The lowest BCUT2D eigenvalue weighted by Gasteiger charge is -2.02. The van der Waals surface area contributed by atoms with Gasteiger partial charge in [-0.3, -0.25) is 0 Å². The first kappa shape index (κ1) is 13.4. The minimum absolute atomic E-state index is 0.146. The summed E-state index contributed by atoms with van der Waals surface area (Å²) in [5.74, 6) is -0.640. The molecule has 7 heteroatoms. The highest BCUT2D eigenvalue weighted by Crippen LogP contribution is 2.31. The summed E-state index contributed by atoms with van der Waals surface area (Å²) in [5, 5.41) is 11.8. The van der Waals surface area contributed by atoms with Crippen LogP contribution in [-0.4, -0.2) is 16.0 Å². The van der Waals surface area contributed by atoms with Crippen molar-refractivity contribution in [2.24, 2.45) is 10.9 Å². The Morgan fingerprint density at radius 1 is 1.29 bits per heavy atom. The molecule has 0 bridgehead atoms. The van der Waals surface area contributed by atoms with Crippen LogP contribution in [0.3, 0.4) is 0 Å². The molecule has 0 aliphatic heterocycles. The molecule has 0 aliphatic carbocycles. The largest absolute Gasteiger partial charge is 0.431 e. The summed E-state index contributed by atoms with van der Waals surface area (Å²) in [6.45, 7) is 0. The van der Waals surface area contributed by atoms with E-state index < -0.39 is 5.82 Å². The molecule has 106 valence electrons. The SMILES string of the molecule is N/C(=N\O)c1ccc(Sc2nc3ccccc3o2)c(F)c1. The number of hydrogen-bond donors (Lipinski definition) is 2. The third kappa shape index (κ3) is 2.68. The molecular weight excluding hydrogens is 293 g/mol. The van der Waals surface area contributed by atoms with Gasteiger partial charge in [0.1, 0.15) is 11.3 Å². The van der Waals surface area contributed by atoms with Crippen molar-refractivity contribution in [3.63, 3.8) is 0 Å². The van der Waals surface area contributed by atoms with E-state index in [-0.39, 0.29) is 5.84 Å². The van der Waals surface area contributed by atoms with Gasteiger partial charge in [0.15, 0.2) is 11.4 Å². The average molecular weight is 303 g/mol. The number of fused-ring (bicyclic) bond motifs is 1. The van der Waals surface area contributed by atoms with Crippen molar-refractivity contribution in [3.05, 3.63) is 53.8 Å². The fourth-order valence-corrected chi connectivity index (χ4v) is 2.55. The molecule has 0 unspecified atom stereocenters. The van der Waals surface area contributed by atoms with Crippen molar-refractivity contribution in [2.75, 3.05) is 0 Å². The van der Waals surface area contributed by atoms with Crippen LogP contribution < -0.4 is 5.73 Å². The van der Waals surface area contributed by atoms with E-state index in [1.807, 2.05) is 18.2 Å². The van der Waals surface area contributed by atoms with Crippen molar-refractivity contribution >= 4 is 28.7 Å². The summed E-state index contributed by atoms with van der Waals surface area (Å²) >= 11 is 1.07. The van der Waals surface area contributed by atoms with Gasteiger partial charge in [-0.25, -0.2) is 9.37 Å². The fourth-order valence-electron chi connectivity index (χ4n) is 1.79. The Bertz CT molecular complexity index is 799. The van der Waals surface area contributed by atoms with E-state index >= 15 is 0 Å². The third-order valence-electron chi connectivity index (χ3n) is 2.81. The number of aromatic nitrogens is 1. The van der Waals surface area contributed by atoms with Crippen LogP contribution in [0.25, 0.3) is 11.1 Å². The molecule has 5 nitrogen and oxygen atoms in total. The Kier molecular flexibility index (Phi) is 3.49. The smallest absolute Gasteiger partial charge is 0.261 e. The van der Waals surface area contributed by atoms with Crippen LogP contribution in [0.4, 0.5) is 4.39 Å². The van der Waals surface area contributed by atoms with Crippen LogP contribution >= 0.6 is 11.8 Å². The number of rotatable bonds is 3. The second-order valence-corrected chi connectivity index (χ2v) is 5.17. The van der Waals surface area contributed by atoms with Crippen LogP contribution in [0.5, 0.6) is 0 Å². The Hall–Kier alpha value is -2.54. The van der Waals surface area contributed by atoms with Gasteiger partial charge >= 0.3 is 0 Å². The monoisotopic (exact) mass is 303 g/mol. The number of oxazole rings is 1. The van der Waals surface area contributed by atoms with Gasteiger partial charge in [0.25, 0.3) is 5.22 Å². The van der Waals surface area contributed by atoms with Crippen LogP contribution in [0, 0.1) is 5.82 Å². The average Bonchev–Trinajstić information content (AvgIpc) is 2.90. The summed E-state index contributed by atoms with van der Waals surface area (Å²) in [5.41, 5.74) is 7.08. The van der Waals surface area contributed by atoms with Crippen LogP contribution in [0.2, 0.25) is 0 Å². The topological polar surface area (TPSA) is 84.6 Å². The number of amidine groups is 1. The van der Waals surface area contributed by atoms with Gasteiger partial charge in [0.05, 0.1) is 4.90 Å². The molecule has 0 saturated carbocycles. The van der Waals surface area contributed by atoms with Gasteiger partial charge in [-0.2, -0.15) is 0 Å². The summed E-state index contributed by atoms with van der Waals surface area (Å²) in [4.78, 5) is 4.61. The molecule has 0 radical (unpaired) electrons. The molecular formula is C14H10FN3O2S. The molecule has 0 fully saturated rings. The highest BCUT2D eigenvalue weighted by molar-refractivity contribution is 7.99. The number of nitrogens with two attached hydrogens (primary N) is 1. The van der Waals surface area contributed by atoms with E-state index in [0.29, 0.717) is 26.8 Å². The molecule has 0 amide bonds. The Morgan fingerprint density at radius 2 is 2.10 bits per heavy atom. The Balaban J connectivity index is 1.91. The van der Waals surface area contributed by atoms with E-state index in [2.05, 4.69) is 10.1 Å². The minimum Gasteiger partial charge on any atom is -0.431 e. The summed E-state index contributed by atoms with van der Waals surface area (Å²) in [6.07, 6.45) is 0. The highest BCUT2D eigenvalue weighted by Gasteiger charge is 2.12. The van der Waals surface area contributed by atoms with E-state index in [4.69, 9.17) is 15.4 Å². The Labute approximate surface area is 123 Å². The number of halogens is 1. The number of benzene rings is 2. The molecule has 21 heavy (non-hydrogen) atoms. The lowest BCUT2D eigenvalue weighted by atomic mass is 10.2. The molecule has 0 atom stereocenters.